The topological polar surface area (TPSA) is 58.3 Å². The number of benzene rings is 2. The Morgan fingerprint density at radius 2 is 1.89 bits per heavy atom. The van der Waals surface area contributed by atoms with Crippen LogP contribution in [0.1, 0.15) is 5.56 Å². The molecule has 5 heteroatoms. The third-order valence-corrected chi connectivity index (χ3v) is 2.99. The smallest absolute Gasteiger partial charge is 0.166 e. The second-order valence-electron chi connectivity index (χ2n) is 4.41. The van der Waals surface area contributed by atoms with Crippen LogP contribution in [-0.4, -0.2) is 20.0 Å². The Hall–Kier alpha value is -2.56. The molecule has 0 amide bonds. The zero-order chi connectivity index (χ0) is 13.6. The molecule has 0 bridgehead atoms. The van der Waals surface area contributed by atoms with Gasteiger partial charge in [0, 0.05) is 6.07 Å². The minimum atomic E-state index is -0.710. The molecule has 0 spiro atoms. The van der Waals surface area contributed by atoms with Gasteiger partial charge in [-0.2, -0.15) is 5.10 Å². The Morgan fingerprint density at radius 3 is 2.63 bits per heavy atom. The van der Waals surface area contributed by atoms with Gasteiger partial charge in [-0.3, -0.25) is 0 Å². The van der Waals surface area contributed by atoms with E-state index in [9.17, 15) is 14.6 Å². The molecule has 0 aliphatic rings. The van der Waals surface area contributed by atoms with Gasteiger partial charge < -0.3 is 10.2 Å². The maximum absolute atomic E-state index is 13.4. The molecule has 0 radical (unpaired) electrons. The van der Waals surface area contributed by atoms with E-state index in [4.69, 9.17) is 0 Å². The fourth-order valence-electron chi connectivity index (χ4n) is 2.08. The van der Waals surface area contributed by atoms with Gasteiger partial charge in [0.05, 0.1) is 22.8 Å². The van der Waals surface area contributed by atoms with Crippen molar-refractivity contribution >= 4 is 10.9 Å². The van der Waals surface area contributed by atoms with Crippen molar-refractivity contribution in [1.82, 2.24) is 9.78 Å². The van der Waals surface area contributed by atoms with Crippen molar-refractivity contribution < 1.29 is 14.6 Å². The number of hydrogen-bond acceptors (Lipinski definition) is 3. The van der Waals surface area contributed by atoms with Crippen LogP contribution in [0.2, 0.25) is 0 Å². The minimum absolute atomic E-state index is 0.139. The van der Waals surface area contributed by atoms with Crippen molar-refractivity contribution in [3.63, 3.8) is 0 Å². The molecular weight excluding hydrogens is 247 g/mol. The second kappa shape index (κ2) is 3.98. The van der Waals surface area contributed by atoms with E-state index in [0.717, 1.165) is 5.56 Å². The molecule has 0 aliphatic heterocycles. The van der Waals surface area contributed by atoms with Gasteiger partial charge in [0.15, 0.2) is 11.6 Å². The first-order valence-corrected chi connectivity index (χ1v) is 5.72. The molecule has 0 atom stereocenters. The molecule has 1 heterocycles. The summed E-state index contributed by atoms with van der Waals surface area (Å²) in [5.41, 5.74) is 2.05. The van der Waals surface area contributed by atoms with Crippen LogP contribution in [0.5, 0.6) is 11.5 Å². The molecule has 2 aromatic carbocycles. The molecule has 3 rings (SSSR count). The van der Waals surface area contributed by atoms with Gasteiger partial charge >= 0.3 is 0 Å². The number of rotatable bonds is 1. The summed E-state index contributed by atoms with van der Waals surface area (Å²) in [5.74, 6) is -0.974. The van der Waals surface area contributed by atoms with Gasteiger partial charge in [0.1, 0.15) is 5.75 Å². The Balaban J connectivity index is 2.28. The Labute approximate surface area is 108 Å². The van der Waals surface area contributed by atoms with Crippen LogP contribution in [0.4, 0.5) is 4.39 Å². The summed E-state index contributed by atoms with van der Waals surface area (Å²) in [4.78, 5) is 0. The normalized spacial score (nSPS) is 11.1. The lowest BCUT2D eigenvalue weighted by Gasteiger charge is -2.05. The minimum Gasteiger partial charge on any atom is -0.507 e. The molecule has 19 heavy (non-hydrogen) atoms. The quantitative estimate of drug-likeness (QED) is 0.705. The average Bonchev–Trinajstić information content (AvgIpc) is 2.76. The molecular formula is C14H11FN2O2. The van der Waals surface area contributed by atoms with E-state index in [1.807, 2.05) is 13.0 Å². The molecule has 0 saturated heterocycles. The number of phenols is 2. The van der Waals surface area contributed by atoms with E-state index in [0.29, 0.717) is 16.6 Å². The molecule has 0 unspecified atom stereocenters. The first kappa shape index (κ1) is 11.5. The highest BCUT2D eigenvalue weighted by atomic mass is 19.1. The lowest BCUT2D eigenvalue weighted by molar-refractivity contribution is 0.432. The van der Waals surface area contributed by atoms with Crippen molar-refractivity contribution in [2.75, 3.05) is 0 Å². The largest absolute Gasteiger partial charge is 0.507 e. The summed E-state index contributed by atoms with van der Waals surface area (Å²) in [6.45, 7) is 1.86. The Morgan fingerprint density at radius 1 is 1.11 bits per heavy atom. The van der Waals surface area contributed by atoms with Crippen LogP contribution in [0, 0.1) is 12.7 Å². The van der Waals surface area contributed by atoms with Crippen molar-refractivity contribution in [3.8, 4) is 17.2 Å². The van der Waals surface area contributed by atoms with Crippen molar-refractivity contribution in [2.45, 2.75) is 6.92 Å². The SMILES string of the molecule is Cc1cc(O)c2cnn(-c3ccc(O)c(F)c3)c2c1. The fraction of sp³-hybridized carbons (Fsp3) is 0.0714. The van der Waals surface area contributed by atoms with E-state index in [2.05, 4.69) is 5.10 Å². The number of aromatic nitrogens is 2. The number of phenolic OH excluding ortho intramolecular Hbond substituents is 2. The zero-order valence-corrected chi connectivity index (χ0v) is 10.1. The zero-order valence-electron chi connectivity index (χ0n) is 10.1. The van der Waals surface area contributed by atoms with Gasteiger partial charge in [0.2, 0.25) is 0 Å². The summed E-state index contributed by atoms with van der Waals surface area (Å²) in [7, 11) is 0. The van der Waals surface area contributed by atoms with Crippen LogP contribution < -0.4 is 0 Å². The van der Waals surface area contributed by atoms with Gasteiger partial charge in [0.25, 0.3) is 0 Å². The molecule has 1 aromatic heterocycles. The molecule has 0 fully saturated rings. The van der Waals surface area contributed by atoms with Gasteiger partial charge in [-0.25, -0.2) is 9.07 Å². The number of halogens is 1. The van der Waals surface area contributed by atoms with Crippen LogP contribution >= 0.6 is 0 Å². The molecule has 4 nitrogen and oxygen atoms in total. The van der Waals surface area contributed by atoms with E-state index in [1.165, 1.54) is 23.0 Å². The summed E-state index contributed by atoms with van der Waals surface area (Å²) in [6.07, 6.45) is 1.52. The first-order valence-electron chi connectivity index (χ1n) is 5.72. The number of fused-ring (bicyclic) bond motifs is 1. The Bertz CT molecular complexity index is 780. The molecule has 0 aliphatic carbocycles. The summed E-state index contributed by atoms with van der Waals surface area (Å²) < 4.78 is 14.9. The van der Waals surface area contributed by atoms with Crippen molar-refractivity contribution in [2.24, 2.45) is 0 Å². The monoisotopic (exact) mass is 258 g/mol. The highest BCUT2D eigenvalue weighted by Crippen LogP contribution is 2.28. The predicted octanol–water partition coefficient (Wildman–Crippen LogP) is 2.88. The van der Waals surface area contributed by atoms with Crippen molar-refractivity contribution in [1.29, 1.82) is 0 Å². The average molecular weight is 258 g/mol. The lowest BCUT2D eigenvalue weighted by Crippen LogP contribution is -1.96. The summed E-state index contributed by atoms with van der Waals surface area (Å²) in [6, 6.07) is 7.53. The first-order chi connectivity index (χ1) is 9.06. The molecule has 3 aromatic rings. The number of aryl methyl sites for hydroxylation is 1. The number of aromatic hydroxyl groups is 2. The predicted molar refractivity (Wildman–Crippen MR) is 69.1 cm³/mol. The standard InChI is InChI=1S/C14H11FN2O2/c1-8-4-12-10(14(19)5-8)7-16-17(12)9-2-3-13(18)11(15)6-9/h2-7,18-19H,1H3. The van der Waals surface area contributed by atoms with Crippen LogP contribution in [-0.2, 0) is 0 Å². The molecule has 0 saturated carbocycles. The summed E-state index contributed by atoms with van der Waals surface area (Å²) in [5, 5.41) is 23.8. The van der Waals surface area contributed by atoms with E-state index >= 15 is 0 Å². The van der Waals surface area contributed by atoms with E-state index in [1.54, 1.807) is 12.1 Å². The maximum Gasteiger partial charge on any atom is 0.166 e. The lowest BCUT2D eigenvalue weighted by atomic mass is 10.1. The highest BCUT2D eigenvalue weighted by Gasteiger charge is 2.10. The third kappa shape index (κ3) is 1.79. The summed E-state index contributed by atoms with van der Waals surface area (Å²) >= 11 is 0. The van der Waals surface area contributed by atoms with Crippen molar-refractivity contribution in [3.05, 3.63) is 47.9 Å². The molecule has 2 N–H and O–H groups in total. The maximum atomic E-state index is 13.4. The van der Waals surface area contributed by atoms with Crippen LogP contribution in [0.15, 0.2) is 36.5 Å². The highest BCUT2D eigenvalue weighted by molar-refractivity contribution is 5.86. The number of nitrogens with zero attached hydrogens (tertiary/aromatic N) is 2. The van der Waals surface area contributed by atoms with Gasteiger partial charge in [-0.1, -0.05) is 0 Å². The van der Waals surface area contributed by atoms with Crippen LogP contribution in [0.25, 0.3) is 16.6 Å². The Kier molecular flexibility index (Phi) is 2.41. The van der Waals surface area contributed by atoms with E-state index in [-0.39, 0.29) is 5.75 Å². The van der Waals surface area contributed by atoms with E-state index < -0.39 is 11.6 Å². The van der Waals surface area contributed by atoms with Crippen LogP contribution in [0.3, 0.4) is 0 Å². The number of hydrogen-bond donors (Lipinski definition) is 2. The third-order valence-electron chi connectivity index (χ3n) is 2.99. The molecule has 96 valence electrons. The van der Waals surface area contributed by atoms with Gasteiger partial charge in [-0.15, -0.1) is 0 Å². The fourth-order valence-corrected chi connectivity index (χ4v) is 2.08. The second-order valence-corrected chi connectivity index (χ2v) is 4.41. The van der Waals surface area contributed by atoms with Gasteiger partial charge in [-0.05, 0) is 36.8 Å².